The molecule has 5 nitrogen and oxygen atoms in total. The van der Waals surface area contributed by atoms with Crippen LogP contribution in [0.3, 0.4) is 0 Å². The molecule has 1 aromatic carbocycles. The van der Waals surface area contributed by atoms with Crippen LogP contribution in [0.4, 0.5) is 5.82 Å². The van der Waals surface area contributed by atoms with E-state index in [9.17, 15) is 4.79 Å². The van der Waals surface area contributed by atoms with Crippen LogP contribution in [0.1, 0.15) is 48.3 Å². The number of amides is 1. The number of anilines is 1. The van der Waals surface area contributed by atoms with Crippen molar-refractivity contribution in [3.8, 4) is 0 Å². The summed E-state index contributed by atoms with van der Waals surface area (Å²) >= 11 is 0. The van der Waals surface area contributed by atoms with E-state index in [1.54, 1.807) is 0 Å². The average molecular weight is 350 g/mol. The van der Waals surface area contributed by atoms with Gasteiger partial charge in [-0.05, 0) is 38.4 Å². The summed E-state index contributed by atoms with van der Waals surface area (Å²) in [5, 5.41) is 0. The standard InChI is InChI=1S/C21H26N4O/c1-3-10-24-11-9-17(14-24)20-22-15(2)18-12-19(26)25(21(18)23-20)13-16-7-5-4-6-8-16/h4-8,17H,3,9-14H2,1-2H3/t17-/m0/s1. The maximum absolute atomic E-state index is 12.6. The van der Waals surface area contributed by atoms with E-state index in [4.69, 9.17) is 9.97 Å². The van der Waals surface area contributed by atoms with Crippen molar-refractivity contribution < 1.29 is 4.79 Å². The Labute approximate surface area is 155 Å². The van der Waals surface area contributed by atoms with E-state index in [2.05, 4.69) is 24.0 Å². The lowest BCUT2D eigenvalue weighted by molar-refractivity contribution is -0.117. The van der Waals surface area contributed by atoms with Crippen LogP contribution in [-0.2, 0) is 17.8 Å². The van der Waals surface area contributed by atoms with E-state index in [0.29, 0.717) is 18.9 Å². The largest absolute Gasteiger partial charge is 0.303 e. The van der Waals surface area contributed by atoms with Gasteiger partial charge in [-0.25, -0.2) is 9.97 Å². The second kappa shape index (κ2) is 7.16. The quantitative estimate of drug-likeness (QED) is 0.831. The predicted molar refractivity (Wildman–Crippen MR) is 102 cm³/mol. The first kappa shape index (κ1) is 17.2. The Bertz CT molecular complexity index is 805. The van der Waals surface area contributed by atoms with Crippen molar-refractivity contribution in [2.24, 2.45) is 0 Å². The van der Waals surface area contributed by atoms with Crippen LogP contribution in [-0.4, -0.2) is 40.4 Å². The summed E-state index contributed by atoms with van der Waals surface area (Å²) in [6.07, 6.45) is 2.70. The third-order valence-electron chi connectivity index (χ3n) is 5.45. The molecular weight excluding hydrogens is 324 g/mol. The van der Waals surface area contributed by atoms with Crippen LogP contribution in [0.15, 0.2) is 30.3 Å². The predicted octanol–water partition coefficient (Wildman–Crippen LogP) is 3.07. The molecule has 0 unspecified atom stereocenters. The Morgan fingerprint density at radius 1 is 1.19 bits per heavy atom. The summed E-state index contributed by atoms with van der Waals surface area (Å²) in [6.45, 7) is 8.09. The molecule has 1 aromatic heterocycles. The highest BCUT2D eigenvalue weighted by molar-refractivity contribution is 6.00. The molecule has 0 aliphatic carbocycles. The number of aromatic nitrogens is 2. The first-order valence-corrected chi connectivity index (χ1v) is 9.59. The molecule has 3 heterocycles. The number of nitrogens with zero attached hydrogens (tertiary/aromatic N) is 4. The van der Waals surface area contributed by atoms with Gasteiger partial charge in [0, 0.05) is 23.7 Å². The molecule has 5 heteroatoms. The van der Waals surface area contributed by atoms with E-state index < -0.39 is 0 Å². The molecule has 1 amide bonds. The number of carbonyl (C=O) groups is 1. The molecule has 4 rings (SSSR count). The van der Waals surface area contributed by atoms with Gasteiger partial charge in [0.05, 0.1) is 13.0 Å². The Kier molecular flexibility index (Phi) is 4.72. The van der Waals surface area contributed by atoms with E-state index in [1.807, 2.05) is 30.0 Å². The number of rotatable bonds is 5. The zero-order valence-electron chi connectivity index (χ0n) is 15.6. The Balaban J connectivity index is 1.61. The second-order valence-corrected chi connectivity index (χ2v) is 7.40. The minimum Gasteiger partial charge on any atom is -0.303 e. The molecule has 0 saturated carbocycles. The summed E-state index contributed by atoms with van der Waals surface area (Å²) in [4.78, 5) is 26.6. The maximum atomic E-state index is 12.6. The molecule has 136 valence electrons. The van der Waals surface area contributed by atoms with Crippen molar-refractivity contribution in [2.45, 2.75) is 45.6 Å². The van der Waals surface area contributed by atoms with Crippen molar-refractivity contribution in [3.05, 3.63) is 53.0 Å². The Hall–Kier alpha value is -2.27. The van der Waals surface area contributed by atoms with E-state index in [-0.39, 0.29) is 5.91 Å². The summed E-state index contributed by atoms with van der Waals surface area (Å²) in [5.41, 5.74) is 3.09. The molecule has 0 radical (unpaired) electrons. The lowest BCUT2D eigenvalue weighted by atomic mass is 10.1. The third-order valence-corrected chi connectivity index (χ3v) is 5.45. The van der Waals surface area contributed by atoms with Gasteiger partial charge in [0.1, 0.15) is 11.6 Å². The zero-order chi connectivity index (χ0) is 18.1. The van der Waals surface area contributed by atoms with E-state index in [0.717, 1.165) is 54.5 Å². The van der Waals surface area contributed by atoms with Crippen molar-refractivity contribution >= 4 is 11.7 Å². The topological polar surface area (TPSA) is 49.3 Å². The molecule has 2 aliphatic heterocycles. The van der Waals surface area contributed by atoms with Crippen molar-refractivity contribution in [1.82, 2.24) is 14.9 Å². The molecule has 1 saturated heterocycles. The number of benzene rings is 1. The van der Waals surface area contributed by atoms with Gasteiger partial charge >= 0.3 is 0 Å². The highest BCUT2D eigenvalue weighted by Gasteiger charge is 2.33. The van der Waals surface area contributed by atoms with E-state index in [1.165, 1.54) is 6.42 Å². The van der Waals surface area contributed by atoms with Crippen LogP contribution in [0.25, 0.3) is 0 Å². The highest BCUT2D eigenvalue weighted by atomic mass is 16.2. The summed E-state index contributed by atoms with van der Waals surface area (Å²) in [7, 11) is 0. The number of fused-ring (bicyclic) bond motifs is 1. The Morgan fingerprint density at radius 2 is 2.00 bits per heavy atom. The number of hydrogen-bond acceptors (Lipinski definition) is 4. The third kappa shape index (κ3) is 3.23. The average Bonchev–Trinajstić information content (AvgIpc) is 3.22. The lowest BCUT2D eigenvalue weighted by Gasteiger charge is -2.19. The molecule has 2 aromatic rings. The minimum atomic E-state index is 0.123. The molecule has 26 heavy (non-hydrogen) atoms. The van der Waals surface area contributed by atoms with Gasteiger partial charge in [0.15, 0.2) is 0 Å². The van der Waals surface area contributed by atoms with Gasteiger partial charge < -0.3 is 4.90 Å². The van der Waals surface area contributed by atoms with Crippen LogP contribution < -0.4 is 4.90 Å². The highest BCUT2D eigenvalue weighted by Crippen LogP contribution is 2.33. The number of carbonyl (C=O) groups excluding carboxylic acids is 1. The molecule has 0 spiro atoms. The van der Waals surface area contributed by atoms with Crippen LogP contribution in [0.5, 0.6) is 0 Å². The molecule has 1 fully saturated rings. The van der Waals surface area contributed by atoms with Crippen molar-refractivity contribution in [3.63, 3.8) is 0 Å². The van der Waals surface area contributed by atoms with Crippen LogP contribution in [0.2, 0.25) is 0 Å². The number of likely N-dealkylation sites (tertiary alicyclic amines) is 1. The molecule has 1 atom stereocenters. The lowest BCUT2D eigenvalue weighted by Crippen LogP contribution is -2.27. The Morgan fingerprint density at radius 3 is 2.77 bits per heavy atom. The fraction of sp³-hybridized carbons (Fsp3) is 0.476. The van der Waals surface area contributed by atoms with E-state index >= 15 is 0 Å². The monoisotopic (exact) mass is 350 g/mol. The number of hydrogen-bond donors (Lipinski definition) is 0. The van der Waals surface area contributed by atoms with Crippen molar-refractivity contribution in [1.29, 1.82) is 0 Å². The normalized spacial score (nSPS) is 20.0. The van der Waals surface area contributed by atoms with Gasteiger partial charge in [-0.2, -0.15) is 0 Å². The van der Waals surface area contributed by atoms with Crippen molar-refractivity contribution in [2.75, 3.05) is 24.5 Å². The molecule has 0 bridgehead atoms. The fourth-order valence-electron chi connectivity index (χ4n) is 4.07. The van der Waals surface area contributed by atoms with Gasteiger partial charge in [-0.15, -0.1) is 0 Å². The molecule has 2 aliphatic rings. The van der Waals surface area contributed by atoms with Crippen LogP contribution >= 0.6 is 0 Å². The SMILES string of the molecule is CCCN1CC[C@H](c2nc(C)c3c(n2)N(Cc2ccccc2)C(=O)C3)C1. The molecular formula is C21H26N4O. The summed E-state index contributed by atoms with van der Waals surface area (Å²) in [6, 6.07) is 10.1. The molecule has 0 N–H and O–H groups in total. The first-order valence-electron chi connectivity index (χ1n) is 9.59. The van der Waals surface area contributed by atoms with Gasteiger partial charge in [0.2, 0.25) is 5.91 Å². The zero-order valence-corrected chi connectivity index (χ0v) is 15.6. The maximum Gasteiger partial charge on any atom is 0.233 e. The number of aryl methyl sites for hydroxylation is 1. The summed E-state index contributed by atoms with van der Waals surface area (Å²) in [5.74, 6) is 2.24. The van der Waals surface area contributed by atoms with Gasteiger partial charge in [-0.1, -0.05) is 37.3 Å². The van der Waals surface area contributed by atoms with Crippen LogP contribution in [0, 0.1) is 6.92 Å². The smallest absolute Gasteiger partial charge is 0.233 e. The fourth-order valence-corrected chi connectivity index (χ4v) is 4.07. The second-order valence-electron chi connectivity index (χ2n) is 7.40. The first-order chi connectivity index (χ1) is 12.7. The van der Waals surface area contributed by atoms with Gasteiger partial charge in [-0.3, -0.25) is 9.69 Å². The van der Waals surface area contributed by atoms with Gasteiger partial charge in [0.25, 0.3) is 0 Å². The minimum absolute atomic E-state index is 0.123. The summed E-state index contributed by atoms with van der Waals surface area (Å²) < 4.78 is 0.